The van der Waals surface area contributed by atoms with E-state index in [2.05, 4.69) is 12.0 Å². The molecule has 0 bridgehead atoms. The van der Waals surface area contributed by atoms with Gasteiger partial charge in [-0.25, -0.2) is 0 Å². The van der Waals surface area contributed by atoms with Crippen molar-refractivity contribution in [1.29, 1.82) is 0 Å². The molecule has 3 heteroatoms. The molecule has 0 aromatic carbocycles. The average molecular weight is 158 g/mol. The summed E-state index contributed by atoms with van der Waals surface area (Å²) < 4.78 is 4.83. The van der Waals surface area contributed by atoms with Gasteiger partial charge in [-0.3, -0.25) is 0 Å². The largest absolute Gasteiger partial charge is 0.438 e. The van der Waals surface area contributed by atoms with Gasteiger partial charge in [0.05, 0.1) is 0 Å². The summed E-state index contributed by atoms with van der Waals surface area (Å²) in [6, 6.07) is 0. The van der Waals surface area contributed by atoms with E-state index in [-0.39, 0.29) is 0 Å². The summed E-state index contributed by atoms with van der Waals surface area (Å²) in [5.74, 6) is 2.52. The predicted molar refractivity (Wildman–Crippen MR) is 41.5 cm³/mol. The van der Waals surface area contributed by atoms with Gasteiger partial charge in [-0.2, -0.15) is 0 Å². The van der Waals surface area contributed by atoms with Gasteiger partial charge in [0.15, 0.2) is 12.4 Å². The van der Waals surface area contributed by atoms with Crippen molar-refractivity contribution in [3.05, 3.63) is 0 Å². The Bertz CT molecular complexity index is 143. The Morgan fingerprint density at radius 2 is 2.09 bits per heavy atom. The van der Waals surface area contributed by atoms with Crippen molar-refractivity contribution in [2.24, 2.45) is 0 Å². The van der Waals surface area contributed by atoms with Crippen molar-refractivity contribution in [1.82, 2.24) is 0 Å². The van der Waals surface area contributed by atoms with Crippen LogP contribution < -0.4 is 0 Å². The summed E-state index contributed by atoms with van der Waals surface area (Å²) in [6.45, 7) is 3.57. The molecular weight excluding hydrogens is 144 g/mol. The third-order valence-electron chi connectivity index (χ3n) is 1.22. The van der Waals surface area contributed by atoms with E-state index in [0.717, 1.165) is 6.42 Å². The molecule has 0 saturated heterocycles. The van der Waals surface area contributed by atoms with Crippen molar-refractivity contribution in [2.45, 2.75) is 39.1 Å². The van der Waals surface area contributed by atoms with E-state index in [4.69, 9.17) is 14.9 Å². The molecule has 0 aliphatic rings. The Hall–Kier alpha value is -0.720. The highest BCUT2D eigenvalue weighted by Gasteiger charge is 2.15. The Morgan fingerprint density at radius 3 is 2.45 bits per heavy atom. The molecule has 0 spiro atoms. The van der Waals surface area contributed by atoms with E-state index in [1.807, 2.05) is 6.92 Å². The fraction of sp³-hybridized carbons (Fsp3) is 0.750. The van der Waals surface area contributed by atoms with E-state index < -0.39 is 12.4 Å². The molecule has 1 unspecified atom stereocenters. The van der Waals surface area contributed by atoms with Crippen LogP contribution in [0.4, 0.5) is 0 Å². The second kappa shape index (κ2) is 6.02. The maximum Gasteiger partial charge on any atom is 0.190 e. The highest BCUT2D eigenvalue weighted by molar-refractivity contribution is 4.86. The molecule has 0 heterocycles. The van der Waals surface area contributed by atoms with Crippen molar-refractivity contribution >= 4 is 0 Å². The summed E-state index contributed by atoms with van der Waals surface area (Å²) in [4.78, 5) is 0. The van der Waals surface area contributed by atoms with E-state index in [1.54, 1.807) is 6.92 Å². The first-order valence-corrected chi connectivity index (χ1v) is 3.65. The number of hydrogen-bond donors (Lipinski definition) is 2. The minimum atomic E-state index is -1.43. The van der Waals surface area contributed by atoms with Gasteiger partial charge in [-0.15, -0.1) is 0 Å². The van der Waals surface area contributed by atoms with Gasteiger partial charge in [0.2, 0.25) is 0 Å². The number of aliphatic hydroxyl groups excluding tert-OH is 1. The Kier molecular flexibility index (Phi) is 5.63. The van der Waals surface area contributed by atoms with Crippen LogP contribution in [0.3, 0.4) is 0 Å². The molecule has 1 atom stereocenters. The minimum Gasteiger partial charge on any atom is -0.438 e. The Balaban J connectivity index is 3.75. The maximum atomic E-state index is 8.73. The van der Waals surface area contributed by atoms with Crippen LogP contribution in [0.25, 0.3) is 0 Å². The molecule has 0 radical (unpaired) electrons. The lowest BCUT2D eigenvalue weighted by Crippen LogP contribution is -2.26. The first kappa shape index (κ1) is 10.3. The molecule has 64 valence electrons. The number of hydrogen-bond acceptors (Lipinski definition) is 3. The van der Waals surface area contributed by atoms with Gasteiger partial charge >= 0.3 is 0 Å². The predicted octanol–water partition coefficient (Wildman–Crippen LogP) is 0.463. The average Bonchev–Trinajstić information content (AvgIpc) is 1.97. The van der Waals surface area contributed by atoms with Crippen molar-refractivity contribution in [3.63, 3.8) is 0 Å². The molecule has 0 saturated carbocycles. The molecular formula is C8H14O3. The summed E-state index contributed by atoms with van der Waals surface area (Å²) in [6.07, 6.45) is 1.78. The van der Waals surface area contributed by atoms with E-state index in [0.29, 0.717) is 6.42 Å². The van der Waals surface area contributed by atoms with E-state index in [9.17, 15) is 0 Å². The number of ether oxygens (including phenoxy) is 1. The van der Waals surface area contributed by atoms with Crippen LogP contribution in [0, 0.1) is 12.0 Å². The Morgan fingerprint density at radius 1 is 1.45 bits per heavy atom. The zero-order valence-corrected chi connectivity index (χ0v) is 6.87. The SMILES string of the molecule is CC#COC(CCC)C(O)O. The number of aliphatic hydroxyl groups is 2. The zero-order chi connectivity index (χ0) is 8.69. The monoisotopic (exact) mass is 158 g/mol. The molecule has 0 amide bonds. The fourth-order valence-corrected chi connectivity index (χ4v) is 0.688. The van der Waals surface area contributed by atoms with Crippen LogP contribution in [0.15, 0.2) is 0 Å². The maximum absolute atomic E-state index is 8.73. The summed E-state index contributed by atoms with van der Waals surface area (Å²) >= 11 is 0. The Labute approximate surface area is 67.0 Å². The van der Waals surface area contributed by atoms with Crippen molar-refractivity contribution in [3.8, 4) is 12.0 Å². The third-order valence-corrected chi connectivity index (χ3v) is 1.22. The topological polar surface area (TPSA) is 49.7 Å². The standard InChI is InChI=1S/C8H14O3/c1-3-5-7(8(9)10)11-6-4-2/h7-10H,3,5H2,1-2H3. The van der Waals surface area contributed by atoms with Gasteiger partial charge in [-0.05, 0) is 6.42 Å². The second-order valence-corrected chi connectivity index (χ2v) is 2.21. The van der Waals surface area contributed by atoms with E-state index >= 15 is 0 Å². The van der Waals surface area contributed by atoms with Gasteiger partial charge in [0, 0.05) is 6.92 Å². The van der Waals surface area contributed by atoms with Gasteiger partial charge < -0.3 is 14.9 Å². The molecule has 0 aromatic heterocycles. The van der Waals surface area contributed by atoms with Crippen LogP contribution >= 0.6 is 0 Å². The molecule has 11 heavy (non-hydrogen) atoms. The highest BCUT2D eigenvalue weighted by atomic mass is 16.5. The van der Waals surface area contributed by atoms with Crippen molar-refractivity contribution in [2.75, 3.05) is 0 Å². The van der Waals surface area contributed by atoms with Crippen LogP contribution in [0.5, 0.6) is 0 Å². The van der Waals surface area contributed by atoms with Crippen LogP contribution in [-0.2, 0) is 4.74 Å². The van der Waals surface area contributed by atoms with E-state index in [1.165, 1.54) is 0 Å². The highest BCUT2D eigenvalue weighted by Crippen LogP contribution is 2.04. The van der Waals surface area contributed by atoms with Gasteiger partial charge in [0.1, 0.15) is 6.11 Å². The lowest BCUT2D eigenvalue weighted by molar-refractivity contribution is -0.122. The van der Waals surface area contributed by atoms with Crippen LogP contribution in [-0.4, -0.2) is 22.6 Å². The second-order valence-electron chi connectivity index (χ2n) is 2.21. The smallest absolute Gasteiger partial charge is 0.190 e. The zero-order valence-electron chi connectivity index (χ0n) is 6.87. The lowest BCUT2D eigenvalue weighted by Gasteiger charge is -2.14. The molecule has 0 aliphatic carbocycles. The van der Waals surface area contributed by atoms with Crippen molar-refractivity contribution < 1.29 is 14.9 Å². The van der Waals surface area contributed by atoms with Crippen LogP contribution in [0.1, 0.15) is 26.7 Å². The lowest BCUT2D eigenvalue weighted by atomic mass is 10.2. The molecule has 0 aromatic rings. The molecule has 0 fully saturated rings. The molecule has 0 aliphatic heterocycles. The van der Waals surface area contributed by atoms with Crippen LogP contribution in [0.2, 0.25) is 0 Å². The summed E-state index contributed by atoms with van der Waals surface area (Å²) in [5.41, 5.74) is 0. The molecule has 0 rings (SSSR count). The third kappa shape index (κ3) is 4.65. The first-order valence-electron chi connectivity index (χ1n) is 3.65. The number of rotatable bonds is 4. The minimum absolute atomic E-state index is 0.576. The summed E-state index contributed by atoms with van der Waals surface area (Å²) in [7, 11) is 0. The first-order chi connectivity index (χ1) is 5.22. The van der Waals surface area contributed by atoms with Gasteiger partial charge in [0.25, 0.3) is 0 Å². The summed E-state index contributed by atoms with van der Waals surface area (Å²) in [5, 5.41) is 17.5. The fourth-order valence-electron chi connectivity index (χ4n) is 0.688. The molecule has 3 nitrogen and oxygen atoms in total. The normalized spacial score (nSPS) is 12.1. The quantitative estimate of drug-likeness (QED) is 0.461. The molecule has 2 N–H and O–H groups in total. The van der Waals surface area contributed by atoms with Gasteiger partial charge in [-0.1, -0.05) is 19.3 Å².